The van der Waals surface area contributed by atoms with Crippen LogP contribution in [0.3, 0.4) is 0 Å². The zero-order chi connectivity index (χ0) is 24.2. The number of amides is 1. The van der Waals surface area contributed by atoms with E-state index in [1.807, 2.05) is 11.5 Å². The Morgan fingerprint density at radius 3 is 2.89 bits per heavy atom. The van der Waals surface area contributed by atoms with Gasteiger partial charge in [0, 0.05) is 37.9 Å². The Kier molecular flexibility index (Phi) is 6.57. The lowest BCUT2D eigenvalue weighted by Crippen LogP contribution is -2.27. The molecule has 0 unspecified atom stereocenters. The van der Waals surface area contributed by atoms with E-state index in [0.29, 0.717) is 53.2 Å². The van der Waals surface area contributed by atoms with Gasteiger partial charge in [0.2, 0.25) is 5.88 Å². The van der Waals surface area contributed by atoms with Gasteiger partial charge in [-0.1, -0.05) is 6.07 Å². The quantitative estimate of drug-likeness (QED) is 0.390. The van der Waals surface area contributed by atoms with E-state index in [2.05, 4.69) is 25.6 Å². The molecule has 11 nitrogen and oxygen atoms in total. The lowest BCUT2D eigenvalue weighted by atomic mass is 9.97. The van der Waals surface area contributed by atoms with Crippen LogP contribution in [0.25, 0.3) is 22.6 Å². The van der Waals surface area contributed by atoms with Crippen molar-refractivity contribution in [1.29, 1.82) is 0 Å². The molecule has 1 amide bonds. The molecule has 182 valence electrons. The number of hydrogen-bond acceptors (Lipinski definition) is 9. The van der Waals surface area contributed by atoms with Crippen LogP contribution in [0.2, 0.25) is 0 Å². The number of benzene rings is 1. The number of nitrogens with zero attached hydrogens (tertiary/aromatic N) is 5. The van der Waals surface area contributed by atoms with Crippen LogP contribution in [0.15, 0.2) is 41.2 Å². The maximum atomic E-state index is 12.6. The Morgan fingerprint density at radius 1 is 1.26 bits per heavy atom. The Bertz CT molecular complexity index is 1330. The topological polar surface area (TPSA) is 143 Å². The Morgan fingerprint density at radius 2 is 2.11 bits per heavy atom. The summed E-state index contributed by atoms with van der Waals surface area (Å²) in [6, 6.07) is 8.84. The number of carbonyl (C=O) groups excluding carboxylic acids is 1. The molecule has 1 fully saturated rings. The summed E-state index contributed by atoms with van der Waals surface area (Å²) < 4.78 is 18.0. The van der Waals surface area contributed by atoms with Crippen LogP contribution in [0, 0.1) is 5.92 Å². The Hall–Kier alpha value is -3.99. The van der Waals surface area contributed by atoms with E-state index >= 15 is 0 Å². The molecule has 1 aliphatic rings. The van der Waals surface area contributed by atoms with E-state index in [9.17, 15) is 4.79 Å². The van der Waals surface area contributed by atoms with Gasteiger partial charge in [0.25, 0.3) is 5.91 Å². The molecule has 1 aliphatic heterocycles. The molecule has 0 saturated carbocycles. The number of anilines is 1. The number of nitrogens with two attached hydrogens (primary N) is 1. The number of pyridine rings is 1. The highest BCUT2D eigenvalue weighted by atomic mass is 16.6. The molecule has 1 saturated heterocycles. The number of nitrogens with one attached hydrogen (secondary N) is 1. The van der Waals surface area contributed by atoms with Crippen LogP contribution >= 0.6 is 0 Å². The molecule has 0 radical (unpaired) electrons. The van der Waals surface area contributed by atoms with Gasteiger partial charge in [0.05, 0.1) is 11.7 Å². The maximum absolute atomic E-state index is 12.6. The number of aromatic nitrogens is 5. The van der Waals surface area contributed by atoms with E-state index in [0.717, 1.165) is 38.0 Å². The van der Waals surface area contributed by atoms with E-state index in [4.69, 9.17) is 19.8 Å². The molecule has 4 heterocycles. The average molecular weight is 478 g/mol. The SMILES string of the molecule is CCn1c(-c2nonc2N)nc2cnc(Oc3cccc(C(=O)NCCC4CCOCC4)c3)cc21. The van der Waals surface area contributed by atoms with Gasteiger partial charge in [-0.05, 0) is 60.6 Å². The van der Waals surface area contributed by atoms with Gasteiger partial charge in [-0.3, -0.25) is 4.79 Å². The van der Waals surface area contributed by atoms with Crippen LogP contribution in [0.1, 0.15) is 36.5 Å². The number of nitrogen functional groups attached to an aromatic ring is 1. The van der Waals surface area contributed by atoms with Gasteiger partial charge < -0.3 is 25.1 Å². The summed E-state index contributed by atoms with van der Waals surface area (Å²) in [5.41, 5.74) is 8.23. The second-order valence-corrected chi connectivity index (χ2v) is 8.42. The zero-order valence-electron chi connectivity index (χ0n) is 19.4. The molecule has 0 atom stereocenters. The number of aryl methyl sites for hydroxylation is 1. The van der Waals surface area contributed by atoms with Crippen molar-refractivity contribution in [1.82, 2.24) is 30.2 Å². The maximum Gasteiger partial charge on any atom is 0.251 e. The number of carbonyl (C=O) groups is 1. The summed E-state index contributed by atoms with van der Waals surface area (Å²) >= 11 is 0. The number of ether oxygens (including phenoxy) is 2. The van der Waals surface area contributed by atoms with Crippen LogP contribution in [0.4, 0.5) is 5.82 Å². The third-order valence-electron chi connectivity index (χ3n) is 6.15. The highest BCUT2D eigenvalue weighted by Gasteiger charge is 2.19. The first-order valence-electron chi connectivity index (χ1n) is 11.7. The van der Waals surface area contributed by atoms with Crippen molar-refractivity contribution in [2.24, 2.45) is 5.92 Å². The molecule has 11 heteroatoms. The average Bonchev–Trinajstić information content (AvgIpc) is 3.47. The van der Waals surface area contributed by atoms with E-state index in [1.165, 1.54) is 0 Å². The summed E-state index contributed by atoms with van der Waals surface area (Å²) in [7, 11) is 0. The smallest absolute Gasteiger partial charge is 0.251 e. The van der Waals surface area contributed by atoms with Gasteiger partial charge in [0.1, 0.15) is 11.3 Å². The fourth-order valence-electron chi connectivity index (χ4n) is 4.27. The number of rotatable bonds is 8. The van der Waals surface area contributed by atoms with Crippen LogP contribution in [-0.4, -0.2) is 50.5 Å². The normalized spacial score (nSPS) is 14.3. The van der Waals surface area contributed by atoms with Gasteiger partial charge in [-0.25, -0.2) is 14.6 Å². The predicted molar refractivity (Wildman–Crippen MR) is 128 cm³/mol. The zero-order valence-corrected chi connectivity index (χ0v) is 19.4. The first kappa shape index (κ1) is 22.8. The molecular weight excluding hydrogens is 450 g/mol. The number of hydrogen-bond donors (Lipinski definition) is 2. The largest absolute Gasteiger partial charge is 0.439 e. The van der Waals surface area contributed by atoms with Gasteiger partial charge in [-0.15, -0.1) is 0 Å². The van der Waals surface area contributed by atoms with Crippen LogP contribution in [-0.2, 0) is 11.3 Å². The molecule has 0 spiro atoms. The third-order valence-corrected chi connectivity index (χ3v) is 6.15. The van der Waals surface area contributed by atoms with Crippen molar-refractivity contribution in [3.8, 4) is 23.1 Å². The van der Waals surface area contributed by atoms with E-state index in [-0.39, 0.29) is 11.7 Å². The second-order valence-electron chi connectivity index (χ2n) is 8.42. The van der Waals surface area contributed by atoms with Crippen LogP contribution in [0.5, 0.6) is 11.6 Å². The highest BCUT2D eigenvalue weighted by Crippen LogP contribution is 2.29. The minimum atomic E-state index is -0.126. The monoisotopic (exact) mass is 477 g/mol. The molecule has 35 heavy (non-hydrogen) atoms. The molecule has 0 aliphatic carbocycles. The fourth-order valence-corrected chi connectivity index (χ4v) is 4.27. The third kappa shape index (κ3) is 4.94. The standard InChI is InChI=1S/C24H27N7O4/c1-2-31-19-13-20(27-14-18(19)28-23(31)21-22(25)30-35-29-21)34-17-5-3-4-16(12-17)24(32)26-9-6-15-7-10-33-11-8-15/h3-5,12-15H,2,6-11H2,1H3,(H2,25,30)(H,26,32). The van der Waals surface area contributed by atoms with Crippen molar-refractivity contribution < 1.29 is 18.9 Å². The first-order valence-corrected chi connectivity index (χ1v) is 11.7. The van der Waals surface area contributed by atoms with Crippen molar-refractivity contribution >= 4 is 22.8 Å². The van der Waals surface area contributed by atoms with Crippen LogP contribution < -0.4 is 15.8 Å². The van der Waals surface area contributed by atoms with Crippen molar-refractivity contribution in [2.75, 3.05) is 25.5 Å². The van der Waals surface area contributed by atoms with Crippen molar-refractivity contribution in [3.05, 3.63) is 42.1 Å². The minimum Gasteiger partial charge on any atom is -0.439 e. The molecule has 1 aromatic carbocycles. The Labute approximate surface area is 201 Å². The fraction of sp³-hybridized carbons (Fsp3) is 0.375. The van der Waals surface area contributed by atoms with Gasteiger partial charge in [-0.2, -0.15) is 0 Å². The molecule has 0 bridgehead atoms. The summed E-state index contributed by atoms with van der Waals surface area (Å²) in [6.45, 7) is 4.86. The molecular formula is C24H27N7O4. The molecule has 4 aromatic rings. The lowest BCUT2D eigenvalue weighted by molar-refractivity contribution is 0.0636. The minimum absolute atomic E-state index is 0.126. The first-order chi connectivity index (χ1) is 17.1. The van der Waals surface area contributed by atoms with Crippen molar-refractivity contribution in [2.45, 2.75) is 32.7 Å². The molecule has 3 aromatic heterocycles. The summed E-state index contributed by atoms with van der Waals surface area (Å²) in [5.74, 6) is 2.08. The van der Waals surface area contributed by atoms with E-state index in [1.54, 1.807) is 36.5 Å². The number of imidazole rings is 1. The molecule has 3 N–H and O–H groups in total. The van der Waals surface area contributed by atoms with Crippen molar-refractivity contribution in [3.63, 3.8) is 0 Å². The highest BCUT2D eigenvalue weighted by molar-refractivity contribution is 5.94. The van der Waals surface area contributed by atoms with Gasteiger partial charge in [0.15, 0.2) is 17.3 Å². The molecule has 5 rings (SSSR count). The summed E-state index contributed by atoms with van der Waals surface area (Å²) in [5, 5.41) is 10.5. The summed E-state index contributed by atoms with van der Waals surface area (Å²) in [6.07, 6.45) is 4.69. The Balaban J connectivity index is 1.29. The summed E-state index contributed by atoms with van der Waals surface area (Å²) in [4.78, 5) is 21.6. The lowest BCUT2D eigenvalue weighted by Gasteiger charge is -2.21. The van der Waals surface area contributed by atoms with E-state index < -0.39 is 0 Å². The van der Waals surface area contributed by atoms with Gasteiger partial charge >= 0.3 is 0 Å². The second kappa shape index (κ2) is 10.1. The predicted octanol–water partition coefficient (Wildman–Crippen LogP) is 3.42. The number of fused-ring (bicyclic) bond motifs is 1.